The van der Waals surface area contributed by atoms with E-state index >= 15 is 0 Å². The minimum atomic E-state index is -1.53. The molecule has 39 heavy (non-hydrogen) atoms. The summed E-state index contributed by atoms with van der Waals surface area (Å²) in [6.07, 6.45) is 12.2. The zero-order valence-corrected chi connectivity index (χ0v) is 24.1. The Bertz CT molecular complexity index is 942. The molecule has 7 heteroatoms. The molecule has 2 saturated carbocycles. The summed E-state index contributed by atoms with van der Waals surface area (Å²) in [5.74, 6) is -0.705. The van der Waals surface area contributed by atoms with E-state index in [0.29, 0.717) is 37.7 Å². The minimum Gasteiger partial charge on any atom is -0.396 e. The summed E-state index contributed by atoms with van der Waals surface area (Å²) in [5, 5.41) is 53.2. The fraction of sp³-hybridized carbons (Fsp3) is 0.656. The number of ether oxygens (including phenoxy) is 1. The average molecular weight is 547 g/mol. The summed E-state index contributed by atoms with van der Waals surface area (Å²) in [7, 11) is 0. The Kier molecular flexibility index (Phi) is 13.5. The van der Waals surface area contributed by atoms with E-state index in [2.05, 4.69) is 26.5 Å². The van der Waals surface area contributed by atoms with Gasteiger partial charge in [-0.1, -0.05) is 47.6 Å². The Morgan fingerprint density at radius 3 is 2.51 bits per heavy atom. The van der Waals surface area contributed by atoms with Crippen molar-refractivity contribution in [1.29, 1.82) is 0 Å². The number of allylic oxidation sites excluding steroid dienone is 8. The highest BCUT2D eigenvalue weighted by Gasteiger charge is 2.65. The number of rotatable bonds is 15. The molecule has 0 bridgehead atoms. The van der Waals surface area contributed by atoms with Crippen molar-refractivity contribution in [3.05, 3.63) is 58.7 Å². The largest absolute Gasteiger partial charge is 0.396 e. The maximum Gasteiger partial charge on any atom is 0.145 e. The molecule has 5 N–H and O–H groups in total. The number of carbonyl (C=O) groups is 1. The third-order valence-corrected chi connectivity index (χ3v) is 8.73. The van der Waals surface area contributed by atoms with Crippen LogP contribution in [0.3, 0.4) is 0 Å². The second-order valence-corrected chi connectivity index (χ2v) is 11.4. The summed E-state index contributed by atoms with van der Waals surface area (Å²) in [5.41, 5.74) is 1.96. The number of aliphatic hydroxyl groups excluding tert-OH is 4. The Morgan fingerprint density at radius 1 is 1.15 bits per heavy atom. The van der Waals surface area contributed by atoms with Crippen LogP contribution in [0.5, 0.6) is 0 Å². The van der Waals surface area contributed by atoms with Gasteiger partial charge in [-0.25, -0.2) is 0 Å². The molecule has 0 aliphatic heterocycles. The number of hydrogen-bond donors (Lipinski definition) is 5. The van der Waals surface area contributed by atoms with Crippen molar-refractivity contribution in [3.8, 4) is 0 Å². The third kappa shape index (κ3) is 7.87. The summed E-state index contributed by atoms with van der Waals surface area (Å²) < 4.78 is 5.68. The van der Waals surface area contributed by atoms with Crippen molar-refractivity contribution < 1.29 is 35.1 Å². The van der Waals surface area contributed by atoms with Crippen molar-refractivity contribution in [2.75, 3.05) is 33.0 Å². The first-order valence-corrected chi connectivity index (χ1v) is 14.3. The van der Waals surface area contributed by atoms with Gasteiger partial charge in [0.1, 0.15) is 6.29 Å². The molecule has 220 valence electrons. The Hall–Kier alpha value is -1.87. The maximum absolute atomic E-state index is 12.0. The van der Waals surface area contributed by atoms with E-state index in [9.17, 15) is 30.3 Å². The van der Waals surface area contributed by atoms with Crippen molar-refractivity contribution >= 4 is 6.29 Å². The standard InChI is InChI=1S/C32H50O7/c1-23(2)8-5-9-24(3)10-6-11-26(21-39-19-18-34)28-14-16-32(30(28)37)29(12-7-17-33)27(25(4)20-35)13-15-31(32,38)22-36/h6,8,10-11,20,28-30,33-34,36-38H,3,5,7,9,12-19,21-22H2,1-2,4H3/b10-6+,26-11-,27-25-/t28-,29-,30+,31-,32+/m0/s1. The van der Waals surface area contributed by atoms with Crippen LogP contribution in [0.15, 0.2) is 58.7 Å². The van der Waals surface area contributed by atoms with Gasteiger partial charge in [0.25, 0.3) is 0 Å². The van der Waals surface area contributed by atoms with Crippen LogP contribution in [0.25, 0.3) is 0 Å². The Balaban J connectivity index is 2.46. The highest BCUT2D eigenvalue weighted by Crippen LogP contribution is 2.63. The summed E-state index contributed by atoms with van der Waals surface area (Å²) in [6.45, 7) is 9.74. The molecule has 0 saturated heterocycles. The van der Waals surface area contributed by atoms with Crippen molar-refractivity contribution in [3.63, 3.8) is 0 Å². The number of hydrogen-bond acceptors (Lipinski definition) is 7. The van der Waals surface area contributed by atoms with Crippen LogP contribution in [0.2, 0.25) is 0 Å². The molecule has 0 aromatic rings. The second kappa shape index (κ2) is 15.8. The molecule has 0 amide bonds. The molecule has 0 aromatic carbocycles. The van der Waals surface area contributed by atoms with Gasteiger partial charge in [-0.3, -0.25) is 4.79 Å². The van der Waals surface area contributed by atoms with E-state index in [0.717, 1.165) is 35.8 Å². The van der Waals surface area contributed by atoms with E-state index in [1.807, 2.05) is 18.2 Å². The lowest BCUT2D eigenvalue weighted by Crippen LogP contribution is -2.62. The van der Waals surface area contributed by atoms with Gasteiger partial charge in [0, 0.05) is 17.9 Å². The molecule has 0 unspecified atom stereocenters. The number of aldehydes is 1. The van der Waals surface area contributed by atoms with Crippen LogP contribution in [0, 0.1) is 17.3 Å². The number of carbonyl (C=O) groups excluding carboxylic acids is 1. The quantitative estimate of drug-likeness (QED) is 0.0692. The van der Waals surface area contributed by atoms with Crippen LogP contribution in [0.1, 0.15) is 72.1 Å². The van der Waals surface area contributed by atoms with E-state index in [1.54, 1.807) is 6.92 Å². The smallest absolute Gasteiger partial charge is 0.145 e. The molecule has 0 radical (unpaired) electrons. The fourth-order valence-electron chi connectivity index (χ4n) is 6.69. The van der Waals surface area contributed by atoms with Gasteiger partial charge in [-0.15, -0.1) is 0 Å². The van der Waals surface area contributed by atoms with Crippen LogP contribution in [-0.2, 0) is 9.53 Å². The third-order valence-electron chi connectivity index (χ3n) is 8.73. The topological polar surface area (TPSA) is 127 Å². The Labute approximate surface area is 234 Å². The summed E-state index contributed by atoms with van der Waals surface area (Å²) in [4.78, 5) is 11.8. The van der Waals surface area contributed by atoms with Gasteiger partial charge in [0.15, 0.2) is 0 Å². The van der Waals surface area contributed by atoms with Crippen molar-refractivity contribution in [2.24, 2.45) is 17.3 Å². The molecule has 2 rings (SSSR count). The first kappa shape index (κ1) is 33.3. The molecule has 2 aliphatic carbocycles. The lowest BCUT2D eigenvalue weighted by Gasteiger charge is -2.56. The van der Waals surface area contributed by atoms with E-state index in [-0.39, 0.29) is 44.7 Å². The summed E-state index contributed by atoms with van der Waals surface area (Å²) >= 11 is 0. The fourth-order valence-corrected chi connectivity index (χ4v) is 6.69. The molecule has 7 nitrogen and oxygen atoms in total. The van der Waals surface area contributed by atoms with Gasteiger partial charge in [0.2, 0.25) is 0 Å². The molecule has 2 fully saturated rings. The molecule has 0 aromatic heterocycles. The van der Waals surface area contributed by atoms with Gasteiger partial charge < -0.3 is 30.3 Å². The molecule has 0 heterocycles. The second-order valence-electron chi connectivity index (χ2n) is 11.4. The highest BCUT2D eigenvalue weighted by molar-refractivity contribution is 5.74. The van der Waals surface area contributed by atoms with E-state index < -0.39 is 23.7 Å². The van der Waals surface area contributed by atoms with Gasteiger partial charge in [-0.05, 0) is 89.2 Å². The van der Waals surface area contributed by atoms with Gasteiger partial charge >= 0.3 is 0 Å². The summed E-state index contributed by atoms with van der Waals surface area (Å²) in [6, 6.07) is 0. The molecule has 2 aliphatic rings. The molecule has 1 spiro atoms. The van der Waals surface area contributed by atoms with E-state index in [4.69, 9.17) is 4.74 Å². The normalized spacial score (nSPS) is 30.7. The Morgan fingerprint density at radius 2 is 1.90 bits per heavy atom. The van der Waals surface area contributed by atoms with Crippen molar-refractivity contribution in [1.82, 2.24) is 0 Å². The lowest BCUT2D eigenvalue weighted by atomic mass is 9.52. The van der Waals surface area contributed by atoms with Gasteiger partial charge in [-0.2, -0.15) is 0 Å². The molecular weight excluding hydrogens is 496 g/mol. The molecule has 5 atom stereocenters. The van der Waals surface area contributed by atoms with Crippen molar-refractivity contribution in [2.45, 2.75) is 83.8 Å². The predicted octanol–water partition coefficient (Wildman–Crippen LogP) is 3.96. The van der Waals surface area contributed by atoms with Crippen LogP contribution >= 0.6 is 0 Å². The van der Waals surface area contributed by atoms with Crippen LogP contribution < -0.4 is 0 Å². The lowest BCUT2D eigenvalue weighted by molar-refractivity contribution is -0.195. The zero-order valence-electron chi connectivity index (χ0n) is 24.1. The van der Waals surface area contributed by atoms with Crippen LogP contribution in [-0.4, -0.2) is 76.6 Å². The predicted molar refractivity (Wildman–Crippen MR) is 154 cm³/mol. The highest BCUT2D eigenvalue weighted by atomic mass is 16.5. The average Bonchev–Trinajstić information content (AvgIpc) is 3.25. The molecular formula is C32H50O7. The minimum absolute atomic E-state index is 0.0421. The SMILES string of the molecule is C=C(/C=C/C=C(/COCCO)[C@@H]1CC[C@]2([C@@H]1O)[C@@H](CCCO)/C(=C(/C)C=O)CC[C@]2(O)CO)CCC=C(C)C. The first-order chi connectivity index (χ1) is 18.6. The first-order valence-electron chi connectivity index (χ1n) is 14.3. The monoisotopic (exact) mass is 546 g/mol. The van der Waals surface area contributed by atoms with Crippen LogP contribution in [0.4, 0.5) is 0 Å². The number of aliphatic hydroxyl groups is 5. The van der Waals surface area contributed by atoms with Gasteiger partial charge in [0.05, 0.1) is 38.1 Å². The van der Waals surface area contributed by atoms with E-state index in [1.165, 1.54) is 5.57 Å². The maximum atomic E-state index is 12.0. The zero-order chi connectivity index (χ0) is 29.1.